The Kier molecular flexibility index (Phi) is 61.9. The van der Waals surface area contributed by atoms with Gasteiger partial charge in [-0.05, 0) is 77.0 Å². The summed E-state index contributed by atoms with van der Waals surface area (Å²) in [5, 5.41) is 0. The van der Waals surface area contributed by atoms with Crippen LogP contribution < -0.4 is 0 Å². The zero-order valence-electron chi connectivity index (χ0n) is 51.9. The van der Waals surface area contributed by atoms with E-state index < -0.39 is 5.41 Å². The Morgan fingerprint density at radius 2 is 0.413 bits per heavy atom. The molecule has 0 atom stereocenters. The smallest absolute Gasteiger partial charge is 0.323 e. The Hall–Kier alpha value is -1.58. The maximum atomic E-state index is 14.4. The summed E-state index contributed by atoms with van der Waals surface area (Å²) < 4.78 is 12.3. The number of esters is 2. The van der Waals surface area contributed by atoms with Gasteiger partial charge in [-0.25, -0.2) is 0 Å². The second kappa shape index (κ2) is 63.3. The molecule has 0 N–H and O–H groups in total. The van der Waals surface area contributed by atoms with Gasteiger partial charge in [0.25, 0.3) is 0 Å². The minimum atomic E-state index is -1.17. The molecule has 0 aliphatic heterocycles. The summed E-state index contributed by atoms with van der Waals surface area (Å²) in [6.45, 7) is 10.0. The molecule has 444 valence electrons. The van der Waals surface area contributed by atoms with Crippen LogP contribution in [0.25, 0.3) is 0 Å². The molecule has 0 aromatic rings. The number of carbonyl (C=O) groups is 2. The van der Waals surface area contributed by atoms with Crippen molar-refractivity contribution in [1.29, 1.82) is 0 Å². The molecule has 0 aromatic carbocycles. The molecule has 0 saturated carbocycles. The van der Waals surface area contributed by atoms with Gasteiger partial charge in [-0.1, -0.05) is 347 Å². The molecule has 0 aliphatic rings. The van der Waals surface area contributed by atoms with Crippen molar-refractivity contribution in [2.45, 2.75) is 400 Å². The molecule has 0 rings (SSSR count). The van der Waals surface area contributed by atoms with Crippen molar-refractivity contribution in [2.24, 2.45) is 5.41 Å². The van der Waals surface area contributed by atoms with Gasteiger partial charge in [-0.2, -0.15) is 0 Å². The normalized spacial score (nSPS) is 12.0. The highest BCUT2D eigenvalue weighted by Gasteiger charge is 2.47. The van der Waals surface area contributed by atoms with Crippen LogP contribution in [-0.4, -0.2) is 25.2 Å². The minimum Gasteiger partial charge on any atom is -0.465 e. The topological polar surface area (TPSA) is 52.6 Å². The van der Waals surface area contributed by atoms with Gasteiger partial charge in [0.1, 0.15) is 0 Å². The van der Waals surface area contributed by atoms with Crippen molar-refractivity contribution < 1.29 is 19.1 Å². The van der Waals surface area contributed by atoms with Crippen molar-refractivity contribution in [3.63, 3.8) is 0 Å². The summed E-state index contributed by atoms with van der Waals surface area (Å²) in [7, 11) is 0. The summed E-state index contributed by atoms with van der Waals surface area (Å²) in [6.07, 6.45) is 82.1. The number of hydrogen-bond acceptors (Lipinski definition) is 4. The van der Waals surface area contributed by atoms with Crippen LogP contribution in [0.5, 0.6) is 0 Å². The first-order chi connectivity index (χ1) is 37.1. The summed E-state index contributed by atoms with van der Waals surface area (Å²) in [5.74, 6) is -0.577. The number of unbranched alkanes of at least 4 members (excludes halogenated alkanes) is 50. The van der Waals surface area contributed by atoms with Crippen molar-refractivity contribution in [3.05, 3.63) is 24.3 Å². The van der Waals surface area contributed by atoms with Crippen LogP contribution in [0.15, 0.2) is 24.3 Å². The van der Waals surface area contributed by atoms with E-state index in [2.05, 4.69) is 52.0 Å². The van der Waals surface area contributed by atoms with Crippen LogP contribution in [0, 0.1) is 5.41 Å². The highest BCUT2D eigenvalue weighted by atomic mass is 16.6. The fourth-order valence-corrected chi connectivity index (χ4v) is 11.2. The summed E-state index contributed by atoms with van der Waals surface area (Å²) in [5.41, 5.74) is -1.17. The Morgan fingerprint density at radius 1 is 0.240 bits per heavy atom. The molecule has 0 fully saturated rings. The maximum Gasteiger partial charge on any atom is 0.323 e. The molecule has 0 unspecified atom stereocenters. The summed E-state index contributed by atoms with van der Waals surface area (Å²) in [4.78, 5) is 28.9. The van der Waals surface area contributed by atoms with E-state index in [1.807, 2.05) is 0 Å². The molecular formula is C71H136O4. The Morgan fingerprint density at radius 3 is 0.627 bits per heavy atom. The van der Waals surface area contributed by atoms with Gasteiger partial charge in [0.2, 0.25) is 0 Å². The average Bonchev–Trinajstić information content (AvgIpc) is 3.42. The van der Waals surface area contributed by atoms with Crippen molar-refractivity contribution in [3.8, 4) is 0 Å². The van der Waals surface area contributed by atoms with Gasteiger partial charge in [-0.3, -0.25) is 9.59 Å². The molecule has 4 heteroatoms. The first-order valence-corrected chi connectivity index (χ1v) is 34.7. The van der Waals surface area contributed by atoms with Gasteiger partial charge in [0.05, 0.1) is 13.2 Å². The lowest BCUT2D eigenvalue weighted by atomic mass is 9.77. The summed E-state index contributed by atoms with van der Waals surface area (Å²) >= 11 is 0. The van der Waals surface area contributed by atoms with E-state index in [1.165, 1.54) is 295 Å². The molecule has 0 bridgehead atoms. The van der Waals surface area contributed by atoms with E-state index in [0.717, 1.165) is 64.2 Å². The lowest BCUT2D eigenvalue weighted by molar-refractivity contribution is -0.174. The van der Waals surface area contributed by atoms with E-state index in [1.54, 1.807) is 0 Å². The number of hydrogen-bond donors (Lipinski definition) is 0. The van der Waals surface area contributed by atoms with Crippen molar-refractivity contribution in [1.82, 2.24) is 0 Å². The van der Waals surface area contributed by atoms with Crippen LogP contribution in [0.2, 0.25) is 0 Å². The molecule has 0 aromatic heterocycles. The lowest BCUT2D eigenvalue weighted by Gasteiger charge is -2.30. The molecule has 0 amide bonds. The first-order valence-electron chi connectivity index (χ1n) is 34.7. The number of ether oxygens (including phenoxy) is 2. The van der Waals surface area contributed by atoms with Crippen LogP contribution in [0.4, 0.5) is 0 Å². The number of allylic oxidation sites excluding steroid dienone is 4. The molecule has 0 heterocycles. The second-order valence-corrected chi connectivity index (χ2v) is 23.9. The third-order valence-electron chi connectivity index (χ3n) is 16.5. The predicted molar refractivity (Wildman–Crippen MR) is 333 cm³/mol. The number of rotatable bonds is 64. The maximum absolute atomic E-state index is 14.4. The molecular weight excluding hydrogens is 917 g/mol. The van der Waals surface area contributed by atoms with Crippen molar-refractivity contribution >= 4 is 11.9 Å². The van der Waals surface area contributed by atoms with E-state index in [9.17, 15) is 9.59 Å². The highest BCUT2D eigenvalue weighted by molar-refractivity contribution is 6.00. The zero-order valence-corrected chi connectivity index (χ0v) is 51.9. The van der Waals surface area contributed by atoms with E-state index in [-0.39, 0.29) is 11.9 Å². The van der Waals surface area contributed by atoms with Gasteiger partial charge in [0, 0.05) is 0 Å². The average molecular weight is 1050 g/mol. The Balaban J connectivity index is 5.29. The largest absolute Gasteiger partial charge is 0.465 e. The highest BCUT2D eigenvalue weighted by Crippen LogP contribution is 2.36. The van der Waals surface area contributed by atoms with Crippen LogP contribution in [-0.2, 0) is 19.1 Å². The first kappa shape index (κ1) is 73.4. The fourth-order valence-electron chi connectivity index (χ4n) is 11.2. The SMILES string of the molecule is CCCCCCCCC=CCCCCCCCCC(CCCCCCCCC=CCCCCCCCC)(C(=O)OCCCCCCCCCCCCCCCC)C(=O)OCCCCCCCCCCCCCCCC. The van der Waals surface area contributed by atoms with Gasteiger partial charge >= 0.3 is 11.9 Å². The fraction of sp³-hybridized carbons (Fsp3) is 0.915. The van der Waals surface area contributed by atoms with E-state index in [4.69, 9.17) is 9.47 Å². The van der Waals surface area contributed by atoms with Gasteiger partial charge < -0.3 is 9.47 Å². The third kappa shape index (κ3) is 52.9. The molecule has 75 heavy (non-hydrogen) atoms. The molecule has 0 aliphatic carbocycles. The summed E-state index contributed by atoms with van der Waals surface area (Å²) in [6, 6.07) is 0. The zero-order chi connectivity index (χ0) is 54.3. The predicted octanol–water partition coefficient (Wildman–Crippen LogP) is 24.9. The second-order valence-electron chi connectivity index (χ2n) is 23.9. The van der Waals surface area contributed by atoms with E-state index >= 15 is 0 Å². The lowest BCUT2D eigenvalue weighted by Crippen LogP contribution is -2.42. The van der Waals surface area contributed by atoms with Crippen LogP contribution in [0.3, 0.4) is 0 Å². The standard InChI is InChI=1S/C71H136O4/c1-5-9-13-17-21-25-29-33-37-39-41-45-49-53-57-61-65-71(66-62-58-54-50-46-42-40-38-34-30-26-22-18-14-10-6-2,69(72)74-67-63-59-55-51-47-43-35-31-27-23-19-15-11-7-3)70(73)75-68-64-60-56-52-48-44-36-32-28-24-20-16-12-8-4/h33-34,37-38H,5-32,35-36,39-68H2,1-4H3. The van der Waals surface area contributed by atoms with Crippen LogP contribution in [0.1, 0.15) is 400 Å². The molecule has 4 nitrogen and oxygen atoms in total. The monoisotopic (exact) mass is 1050 g/mol. The third-order valence-corrected chi connectivity index (χ3v) is 16.5. The van der Waals surface area contributed by atoms with Gasteiger partial charge in [-0.15, -0.1) is 0 Å². The quantitative estimate of drug-likeness (QED) is 0.0264. The van der Waals surface area contributed by atoms with E-state index in [0.29, 0.717) is 26.1 Å². The minimum absolute atomic E-state index is 0.288. The molecule has 0 spiro atoms. The Labute approximate surface area is 471 Å². The molecule has 0 saturated heterocycles. The van der Waals surface area contributed by atoms with Crippen molar-refractivity contribution in [2.75, 3.05) is 13.2 Å². The van der Waals surface area contributed by atoms with Crippen LogP contribution >= 0.6 is 0 Å². The Bertz CT molecular complexity index is 1080. The molecule has 0 radical (unpaired) electrons. The number of carbonyl (C=O) groups excluding carboxylic acids is 2. The van der Waals surface area contributed by atoms with Gasteiger partial charge in [0.15, 0.2) is 5.41 Å².